The van der Waals surface area contributed by atoms with Crippen LogP contribution in [0.4, 0.5) is 17.5 Å². The van der Waals surface area contributed by atoms with Gasteiger partial charge in [0.1, 0.15) is 29.6 Å². The molecule has 7 nitrogen and oxygen atoms in total. The lowest BCUT2D eigenvalue weighted by Crippen LogP contribution is -2.47. The van der Waals surface area contributed by atoms with Crippen LogP contribution in [0.25, 0.3) is 0 Å². The molecule has 2 saturated heterocycles. The van der Waals surface area contributed by atoms with Crippen molar-refractivity contribution in [2.45, 2.75) is 13.8 Å². The zero-order valence-electron chi connectivity index (χ0n) is 15.4. The number of nitrogens with zero attached hydrogens (tertiary/aromatic N) is 7. The van der Waals surface area contributed by atoms with Crippen LogP contribution in [0, 0.1) is 13.8 Å². The first kappa shape index (κ1) is 17.3. The molecule has 0 aliphatic carbocycles. The summed E-state index contributed by atoms with van der Waals surface area (Å²) in [5.41, 5.74) is 1.02. The Hall–Kier alpha value is -2.09. The number of hydrogen-bond acceptors (Lipinski definition) is 8. The van der Waals surface area contributed by atoms with Gasteiger partial charge >= 0.3 is 0 Å². The average molecular weight is 372 g/mol. The van der Waals surface area contributed by atoms with E-state index in [-0.39, 0.29) is 0 Å². The third-order valence-corrected chi connectivity index (χ3v) is 5.80. The van der Waals surface area contributed by atoms with Crippen LogP contribution < -0.4 is 14.7 Å². The van der Waals surface area contributed by atoms with E-state index < -0.39 is 0 Å². The minimum Gasteiger partial charge on any atom is -0.355 e. The molecule has 0 N–H and O–H groups in total. The Morgan fingerprint density at radius 1 is 0.731 bits per heavy atom. The van der Waals surface area contributed by atoms with Gasteiger partial charge in [-0.3, -0.25) is 0 Å². The topological polar surface area (TPSA) is 61.3 Å². The first-order valence-electron chi connectivity index (χ1n) is 9.16. The summed E-state index contributed by atoms with van der Waals surface area (Å²) in [7, 11) is 0. The van der Waals surface area contributed by atoms with Crippen LogP contribution >= 0.6 is 11.8 Å². The maximum absolute atomic E-state index is 4.59. The third-order valence-electron chi connectivity index (χ3n) is 4.85. The van der Waals surface area contributed by atoms with Gasteiger partial charge < -0.3 is 14.7 Å². The van der Waals surface area contributed by atoms with E-state index in [1.807, 2.05) is 25.6 Å². The lowest BCUT2D eigenvalue weighted by Gasteiger charge is -2.36. The predicted molar refractivity (Wildman–Crippen MR) is 108 cm³/mol. The van der Waals surface area contributed by atoms with Crippen molar-refractivity contribution in [3.8, 4) is 0 Å². The van der Waals surface area contributed by atoms with Crippen molar-refractivity contribution in [2.24, 2.45) is 0 Å². The van der Waals surface area contributed by atoms with E-state index in [1.54, 1.807) is 6.33 Å². The highest BCUT2D eigenvalue weighted by atomic mass is 32.2. The van der Waals surface area contributed by atoms with Crippen molar-refractivity contribution in [2.75, 3.05) is 65.5 Å². The average Bonchev–Trinajstić information content (AvgIpc) is 2.68. The molecule has 2 aromatic rings. The van der Waals surface area contributed by atoms with Crippen LogP contribution in [0.15, 0.2) is 18.5 Å². The van der Waals surface area contributed by atoms with Gasteiger partial charge in [0.15, 0.2) is 0 Å². The fourth-order valence-corrected chi connectivity index (χ4v) is 4.40. The van der Waals surface area contributed by atoms with Gasteiger partial charge in [0.25, 0.3) is 0 Å². The summed E-state index contributed by atoms with van der Waals surface area (Å²) in [6, 6.07) is 4.21. The van der Waals surface area contributed by atoms with E-state index in [4.69, 9.17) is 0 Å². The highest BCUT2D eigenvalue weighted by Crippen LogP contribution is 2.23. The van der Waals surface area contributed by atoms with Crippen LogP contribution in [0.5, 0.6) is 0 Å². The van der Waals surface area contributed by atoms with E-state index >= 15 is 0 Å². The van der Waals surface area contributed by atoms with Gasteiger partial charge in [-0.25, -0.2) is 19.9 Å². The fraction of sp³-hybridized carbons (Fsp3) is 0.556. The third kappa shape index (κ3) is 3.85. The molecule has 0 unspecified atom stereocenters. The number of rotatable bonds is 3. The second-order valence-corrected chi connectivity index (χ2v) is 7.95. The van der Waals surface area contributed by atoms with Crippen molar-refractivity contribution in [1.29, 1.82) is 0 Å². The summed E-state index contributed by atoms with van der Waals surface area (Å²) in [6.45, 7) is 9.88. The normalized spacial score (nSPS) is 18.3. The highest BCUT2D eigenvalue weighted by molar-refractivity contribution is 7.99. The van der Waals surface area contributed by atoms with Crippen LogP contribution in [0.2, 0.25) is 0 Å². The Balaban J connectivity index is 1.43. The van der Waals surface area contributed by atoms with E-state index in [0.717, 1.165) is 68.2 Å². The number of aryl methyl sites for hydroxylation is 2. The van der Waals surface area contributed by atoms with Crippen molar-refractivity contribution in [3.63, 3.8) is 0 Å². The molecule has 2 aliphatic rings. The van der Waals surface area contributed by atoms with Crippen LogP contribution in [-0.4, -0.2) is 70.7 Å². The van der Waals surface area contributed by atoms with Gasteiger partial charge in [-0.1, -0.05) is 0 Å². The molecule has 8 heteroatoms. The summed E-state index contributed by atoms with van der Waals surface area (Å²) >= 11 is 2.01. The lowest BCUT2D eigenvalue weighted by molar-refractivity contribution is 0.638. The summed E-state index contributed by atoms with van der Waals surface area (Å²) in [5, 5.41) is 0. The van der Waals surface area contributed by atoms with Gasteiger partial charge in [0, 0.05) is 68.6 Å². The zero-order valence-corrected chi connectivity index (χ0v) is 16.2. The van der Waals surface area contributed by atoms with Gasteiger partial charge in [-0.2, -0.15) is 11.8 Å². The smallest absolute Gasteiger partial charge is 0.134 e. The summed E-state index contributed by atoms with van der Waals surface area (Å²) in [6.07, 6.45) is 1.70. The molecule has 26 heavy (non-hydrogen) atoms. The quantitative estimate of drug-likeness (QED) is 0.809. The highest BCUT2D eigenvalue weighted by Gasteiger charge is 2.21. The summed E-state index contributed by atoms with van der Waals surface area (Å²) < 4.78 is 0. The zero-order chi connectivity index (χ0) is 17.9. The molecule has 0 spiro atoms. The number of hydrogen-bond donors (Lipinski definition) is 0. The largest absolute Gasteiger partial charge is 0.355 e. The molecule has 0 amide bonds. The van der Waals surface area contributed by atoms with Crippen molar-refractivity contribution in [3.05, 3.63) is 30.0 Å². The minimum absolute atomic E-state index is 0.836. The molecule has 0 atom stereocenters. The Morgan fingerprint density at radius 2 is 1.31 bits per heavy atom. The van der Waals surface area contributed by atoms with Gasteiger partial charge in [-0.05, 0) is 13.8 Å². The summed E-state index contributed by atoms with van der Waals surface area (Å²) in [5.74, 6) is 6.31. The van der Waals surface area contributed by atoms with Gasteiger partial charge in [0.05, 0.1) is 0 Å². The Labute approximate surface area is 158 Å². The Kier molecular flexibility index (Phi) is 5.10. The molecule has 0 saturated carbocycles. The first-order valence-corrected chi connectivity index (χ1v) is 10.3. The first-order chi connectivity index (χ1) is 12.7. The molecular weight excluding hydrogens is 346 g/mol. The van der Waals surface area contributed by atoms with E-state index in [9.17, 15) is 0 Å². The number of thioether (sulfide) groups is 1. The monoisotopic (exact) mass is 371 g/mol. The molecule has 2 fully saturated rings. The standard InChI is InChI=1S/C18H25N7S/c1-14-11-18(22-15(2)21-14)24-5-3-23(4-6-24)16-12-17(20-13-19-16)25-7-9-26-10-8-25/h11-13H,3-10H2,1-2H3. The molecule has 0 aromatic carbocycles. The number of piperazine rings is 1. The number of aromatic nitrogens is 4. The second-order valence-electron chi connectivity index (χ2n) is 6.72. The second kappa shape index (κ2) is 7.65. The van der Waals surface area contributed by atoms with E-state index in [0.29, 0.717) is 0 Å². The molecule has 4 rings (SSSR count). The van der Waals surface area contributed by atoms with E-state index in [2.05, 4.69) is 46.8 Å². The van der Waals surface area contributed by atoms with Crippen LogP contribution in [0.1, 0.15) is 11.5 Å². The fourth-order valence-electron chi connectivity index (χ4n) is 3.50. The van der Waals surface area contributed by atoms with Crippen molar-refractivity contribution < 1.29 is 0 Å². The summed E-state index contributed by atoms with van der Waals surface area (Å²) in [4.78, 5) is 25.0. The number of anilines is 3. The lowest BCUT2D eigenvalue weighted by atomic mass is 10.3. The molecule has 4 heterocycles. The van der Waals surface area contributed by atoms with Crippen LogP contribution in [-0.2, 0) is 0 Å². The molecule has 0 radical (unpaired) electrons. The maximum atomic E-state index is 4.59. The molecule has 2 aromatic heterocycles. The molecule has 138 valence electrons. The van der Waals surface area contributed by atoms with Crippen molar-refractivity contribution in [1.82, 2.24) is 19.9 Å². The Morgan fingerprint density at radius 3 is 1.92 bits per heavy atom. The predicted octanol–water partition coefficient (Wildman–Crippen LogP) is 1.76. The Bertz CT molecular complexity index is 735. The minimum atomic E-state index is 0.836. The van der Waals surface area contributed by atoms with Gasteiger partial charge in [0.2, 0.25) is 0 Å². The van der Waals surface area contributed by atoms with E-state index in [1.165, 1.54) is 11.5 Å². The van der Waals surface area contributed by atoms with Crippen LogP contribution in [0.3, 0.4) is 0 Å². The van der Waals surface area contributed by atoms with Crippen molar-refractivity contribution >= 4 is 29.2 Å². The SMILES string of the molecule is Cc1cc(N2CCN(c3cc(N4CCSCC4)ncn3)CC2)nc(C)n1. The van der Waals surface area contributed by atoms with Gasteiger partial charge in [-0.15, -0.1) is 0 Å². The molecular formula is C18H25N7S. The molecule has 2 aliphatic heterocycles. The molecule has 0 bridgehead atoms. The maximum Gasteiger partial charge on any atom is 0.134 e.